The first-order valence-electron chi connectivity index (χ1n) is 4.61. The largest absolute Gasteiger partial charge is 0.494 e. The predicted molar refractivity (Wildman–Crippen MR) is 52.9 cm³/mol. The zero-order valence-corrected chi connectivity index (χ0v) is 8.46. The van der Waals surface area contributed by atoms with E-state index in [1.54, 1.807) is 18.2 Å². The summed E-state index contributed by atoms with van der Waals surface area (Å²) in [6.45, 7) is 1.94. The van der Waals surface area contributed by atoms with Gasteiger partial charge < -0.3 is 9.84 Å². The number of hydrogen-bond donors (Lipinski definition) is 1. The van der Waals surface area contributed by atoms with Crippen LogP contribution in [0.3, 0.4) is 0 Å². The smallest absolute Gasteiger partial charge is 0.168 e. The monoisotopic (exact) mass is 198 g/mol. The van der Waals surface area contributed by atoms with Crippen molar-refractivity contribution in [2.75, 3.05) is 13.7 Å². The number of aliphatic hydroxyl groups excluding tert-OH is 1. The van der Waals surface area contributed by atoms with Gasteiger partial charge in [0.05, 0.1) is 7.11 Å². The van der Waals surface area contributed by atoms with Crippen molar-refractivity contribution in [3.63, 3.8) is 0 Å². The summed E-state index contributed by atoms with van der Waals surface area (Å²) < 4.78 is 18.4. The molecule has 0 saturated carbocycles. The SMILES string of the molecule is COc1cccc(C[C@@H](C)CO)c1F. The van der Waals surface area contributed by atoms with Crippen molar-refractivity contribution in [1.29, 1.82) is 0 Å². The minimum atomic E-state index is -0.324. The van der Waals surface area contributed by atoms with Crippen LogP contribution >= 0.6 is 0 Å². The number of ether oxygens (including phenoxy) is 1. The molecule has 1 atom stereocenters. The average Bonchev–Trinajstić information content (AvgIpc) is 2.21. The van der Waals surface area contributed by atoms with Gasteiger partial charge in [-0.15, -0.1) is 0 Å². The first kappa shape index (κ1) is 11.0. The molecule has 14 heavy (non-hydrogen) atoms. The van der Waals surface area contributed by atoms with Gasteiger partial charge in [-0.3, -0.25) is 0 Å². The third-order valence-corrected chi connectivity index (χ3v) is 2.14. The summed E-state index contributed by atoms with van der Waals surface area (Å²) in [5, 5.41) is 8.86. The molecule has 2 nitrogen and oxygen atoms in total. The second-order valence-electron chi connectivity index (χ2n) is 3.43. The molecule has 1 N–H and O–H groups in total. The molecule has 1 aromatic carbocycles. The third-order valence-electron chi connectivity index (χ3n) is 2.14. The molecule has 0 aliphatic carbocycles. The van der Waals surface area contributed by atoms with Gasteiger partial charge in [0.25, 0.3) is 0 Å². The Morgan fingerprint density at radius 3 is 2.79 bits per heavy atom. The van der Waals surface area contributed by atoms with Gasteiger partial charge >= 0.3 is 0 Å². The summed E-state index contributed by atoms with van der Waals surface area (Å²) in [6, 6.07) is 5.05. The Labute approximate surface area is 83.3 Å². The highest BCUT2D eigenvalue weighted by atomic mass is 19.1. The fraction of sp³-hybridized carbons (Fsp3) is 0.455. The summed E-state index contributed by atoms with van der Waals surface area (Å²) in [5.41, 5.74) is 0.589. The van der Waals surface area contributed by atoms with E-state index < -0.39 is 0 Å². The highest BCUT2D eigenvalue weighted by molar-refractivity contribution is 5.31. The van der Waals surface area contributed by atoms with Crippen molar-refractivity contribution in [3.05, 3.63) is 29.6 Å². The van der Waals surface area contributed by atoms with Crippen LogP contribution in [0.1, 0.15) is 12.5 Å². The van der Waals surface area contributed by atoms with Crippen LogP contribution in [0, 0.1) is 11.7 Å². The highest BCUT2D eigenvalue weighted by Crippen LogP contribution is 2.21. The fourth-order valence-corrected chi connectivity index (χ4v) is 1.31. The van der Waals surface area contributed by atoms with E-state index in [1.807, 2.05) is 6.92 Å². The summed E-state index contributed by atoms with van der Waals surface area (Å²) in [7, 11) is 1.44. The van der Waals surface area contributed by atoms with Gasteiger partial charge in [0, 0.05) is 6.61 Å². The van der Waals surface area contributed by atoms with Crippen LogP contribution in [0.15, 0.2) is 18.2 Å². The summed E-state index contributed by atoms with van der Waals surface area (Å²) in [6.07, 6.45) is 0.527. The van der Waals surface area contributed by atoms with Gasteiger partial charge in [0.1, 0.15) is 0 Å². The molecule has 3 heteroatoms. The lowest BCUT2D eigenvalue weighted by Crippen LogP contribution is -2.06. The van der Waals surface area contributed by atoms with Gasteiger partial charge in [-0.2, -0.15) is 0 Å². The van der Waals surface area contributed by atoms with E-state index in [2.05, 4.69) is 0 Å². The molecule has 0 saturated heterocycles. The molecule has 0 spiro atoms. The number of methoxy groups -OCH3 is 1. The van der Waals surface area contributed by atoms with E-state index in [1.165, 1.54) is 7.11 Å². The highest BCUT2D eigenvalue weighted by Gasteiger charge is 2.10. The lowest BCUT2D eigenvalue weighted by Gasteiger charge is -2.10. The summed E-state index contributed by atoms with van der Waals surface area (Å²) >= 11 is 0. The lowest BCUT2D eigenvalue weighted by molar-refractivity contribution is 0.236. The fourth-order valence-electron chi connectivity index (χ4n) is 1.31. The minimum Gasteiger partial charge on any atom is -0.494 e. The minimum absolute atomic E-state index is 0.0661. The first-order valence-corrected chi connectivity index (χ1v) is 4.61. The molecular weight excluding hydrogens is 183 g/mol. The van der Waals surface area contributed by atoms with Crippen molar-refractivity contribution >= 4 is 0 Å². The molecule has 0 aromatic heterocycles. The predicted octanol–water partition coefficient (Wildman–Crippen LogP) is 2.01. The van der Waals surface area contributed by atoms with Crippen molar-refractivity contribution in [3.8, 4) is 5.75 Å². The molecule has 0 bridgehead atoms. The Morgan fingerprint density at radius 2 is 2.21 bits per heavy atom. The number of rotatable bonds is 4. The zero-order chi connectivity index (χ0) is 10.6. The second kappa shape index (κ2) is 4.96. The summed E-state index contributed by atoms with van der Waals surface area (Å²) in [4.78, 5) is 0. The van der Waals surface area contributed by atoms with Crippen LogP contribution in [-0.4, -0.2) is 18.8 Å². The Bertz CT molecular complexity index is 299. The van der Waals surface area contributed by atoms with E-state index in [4.69, 9.17) is 9.84 Å². The quantitative estimate of drug-likeness (QED) is 0.801. The average molecular weight is 198 g/mol. The summed E-state index contributed by atoms with van der Waals surface area (Å²) in [5.74, 6) is -0.000420. The van der Waals surface area contributed by atoms with Crippen LogP contribution in [0.2, 0.25) is 0 Å². The molecule has 0 aliphatic heterocycles. The van der Waals surface area contributed by atoms with Crippen molar-refractivity contribution in [1.82, 2.24) is 0 Å². The Hall–Kier alpha value is -1.09. The third kappa shape index (κ3) is 2.45. The molecule has 0 heterocycles. The maximum atomic E-state index is 13.6. The standard InChI is InChI=1S/C11H15FO2/c1-8(7-13)6-9-4-3-5-10(14-2)11(9)12/h3-5,8,13H,6-7H2,1-2H3/t8-/m1/s1. The van der Waals surface area contributed by atoms with Crippen molar-refractivity contribution in [2.45, 2.75) is 13.3 Å². The topological polar surface area (TPSA) is 29.5 Å². The molecule has 0 amide bonds. The van der Waals surface area contributed by atoms with E-state index in [9.17, 15) is 4.39 Å². The molecule has 1 rings (SSSR count). The molecular formula is C11H15FO2. The van der Waals surface area contributed by atoms with Crippen LogP contribution in [0.25, 0.3) is 0 Å². The Kier molecular flexibility index (Phi) is 3.89. The zero-order valence-electron chi connectivity index (χ0n) is 8.46. The van der Waals surface area contributed by atoms with Crippen LogP contribution in [0.5, 0.6) is 5.75 Å². The van der Waals surface area contributed by atoms with Gasteiger partial charge in [-0.05, 0) is 24.0 Å². The lowest BCUT2D eigenvalue weighted by atomic mass is 10.0. The van der Waals surface area contributed by atoms with Gasteiger partial charge in [0.2, 0.25) is 0 Å². The van der Waals surface area contributed by atoms with Gasteiger partial charge in [-0.25, -0.2) is 4.39 Å². The molecule has 0 unspecified atom stereocenters. The normalized spacial score (nSPS) is 12.6. The number of benzene rings is 1. The molecule has 78 valence electrons. The van der Waals surface area contributed by atoms with Crippen LogP contribution in [0.4, 0.5) is 4.39 Å². The maximum absolute atomic E-state index is 13.6. The van der Waals surface area contributed by atoms with Gasteiger partial charge in [-0.1, -0.05) is 19.1 Å². The second-order valence-corrected chi connectivity index (χ2v) is 3.43. The van der Waals surface area contributed by atoms with E-state index in [-0.39, 0.29) is 24.1 Å². The first-order chi connectivity index (χ1) is 6.69. The molecule has 0 radical (unpaired) electrons. The number of halogens is 1. The molecule has 0 fully saturated rings. The maximum Gasteiger partial charge on any atom is 0.168 e. The number of hydrogen-bond acceptors (Lipinski definition) is 2. The Morgan fingerprint density at radius 1 is 1.50 bits per heavy atom. The van der Waals surface area contributed by atoms with Crippen molar-refractivity contribution < 1.29 is 14.2 Å². The van der Waals surface area contributed by atoms with Crippen molar-refractivity contribution in [2.24, 2.45) is 5.92 Å². The van der Waals surface area contributed by atoms with Crippen LogP contribution < -0.4 is 4.74 Å². The number of aliphatic hydroxyl groups is 1. The Balaban J connectivity index is 2.86. The van der Waals surface area contributed by atoms with E-state index in [0.29, 0.717) is 12.0 Å². The molecule has 0 aliphatic rings. The van der Waals surface area contributed by atoms with Gasteiger partial charge in [0.15, 0.2) is 11.6 Å². The van der Waals surface area contributed by atoms with E-state index in [0.717, 1.165) is 0 Å². The molecule has 1 aromatic rings. The van der Waals surface area contributed by atoms with Crippen LogP contribution in [-0.2, 0) is 6.42 Å². The van der Waals surface area contributed by atoms with E-state index >= 15 is 0 Å².